The largest absolute Gasteiger partial charge is 0.416 e. The summed E-state index contributed by atoms with van der Waals surface area (Å²) in [7, 11) is 0. The molecule has 1 saturated heterocycles. The minimum Gasteiger partial charge on any atom is -0.364 e. The van der Waals surface area contributed by atoms with Crippen molar-refractivity contribution in [1.82, 2.24) is 5.32 Å². The van der Waals surface area contributed by atoms with Crippen LogP contribution in [0.3, 0.4) is 0 Å². The second kappa shape index (κ2) is 5.57. The Hall–Kier alpha value is -1.14. The fourth-order valence-corrected chi connectivity index (χ4v) is 2.35. The van der Waals surface area contributed by atoms with Gasteiger partial charge in [-0.15, -0.1) is 0 Å². The number of nitrogens with one attached hydrogen (secondary N) is 1. The first-order valence-electron chi connectivity index (χ1n) is 6.88. The van der Waals surface area contributed by atoms with Crippen molar-refractivity contribution in [2.75, 3.05) is 13.1 Å². The van der Waals surface area contributed by atoms with E-state index in [1.807, 2.05) is 20.8 Å². The first kappa shape index (κ1) is 16.2. The Balaban J connectivity index is 2.31. The van der Waals surface area contributed by atoms with E-state index >= 15 is 0 Å². The van der Waals surface area contributed by atoms with Crippen molar-refractivity contribution in [3.8, 4) is 0 Å². The minimum absolute atomic E-state index is 0.184. The van der Waals surface area contributed by atoms with Crippen molar-refractivity contribution in [2.24, 2.45) is 5.92 Å². The highest BCUT2D eigenvalue weighted by Gasteiger charge is 2.37. The third-order valence-electron chi connectivity index (χ3n) is 4.06. The highest BCUT2D eigenvalue weighted by molar-refractivity contribution is 5.29. The predicted octanol–water partition coefficient (Wildman–Crippen LogP) is 3.92. The van der Waals surface area contributed by atoms with Gasteiger partial charge in [-0.1, -0.05) is 13.8 Å². The molecule has 0 saturated carbocycles. The van der Waals surface area contributed by atoms with Crippen molar-refractivity contribution in [3.05, 3.63) is 35.1 Å². The Bertz CT molecular complexity index is 515. The summed E-state index contributed by atoms with van der Waals surface area (Å²) in [5.41, 5.74) is -1.27. The van der Waals surface area contributed by atoms with Gasteiger partial charge in [-0.25, -0.2) is 4.39 Å². The molecule has 0 bridgehead atoms. The average Bonchev–Trinajstić information content (AvgIpc) is 2.37. The maximum absolute atomic E-state index is 13.5. The Kier molecular flexibility index (Phi) is 4.31. The second-order valence-corrected chi connectivity index (χ2v) is 5.98. The Labute approximate surface area is 121 Å². The first-order chi connectivity index (χ1) is 9.62. The van der Waals surface area contributed by atoms with Crippen LogP contribution in [0.4, 0.5) is 17.6 Å². The molecule has 2 unspecified atom stereocenters. The Morgan fingerprint density at radius 2 is 1.95 bits per heavy atom. The van der Waals surface area contributed by atoms with E-state index in [1.54, 1.807) is 0 Å². The van der Waals surface area contributed by atoms with Crippen LogP contribution in [0.2, 0.25) is 0 Å². The van der Waals surface area contributed by atoms with E-state index < -0.39 is 29.3 Å². The standard InChI is InChI=1S/C15H19F4NO/c1-9(2)14(3)8-20-7-13(21-14)10-4-11(15(17,18)19)6-12(16)5-10/h4-6,9,13,20H,7-8H2,1-3H3. The van der Waals surface area contributed by atoms with Gasteiger partial charge in [-0.2, -0.15) is 13.2 Å². The molecule has 1 aromatic rings. The number of benzene rings is 1. The monoisotopic (exact) mass is 305 g/mol. The van der Waals surface area contributed by atoms with Gasteiger partial charge in [0.15, 0.2) is 0 Å². The van der Waals surface area contributed by atoms with Crippen LogP contribution in [0, 0.1) is 11.7 Å². The predicted molar refractivity (Wildman–Crippen MR) is 71.3 cm³/mol. The van der Waals surface area contributed by atoms with Crippen molar-refractivity contribution in [2.45, 2.75) is 38.7 Å². The zero-order chi connectivity index (χ0) is 15.8. The smallest absolute Gasteiger partial charge is 0.364 e. The molecular weight excluding hydrogens is 286 g/mol. The number of halogens is 4. The molecule has 118 valence electrons. The van der Waals surface area contributed by atoms with Gasteiger partial charge in [0, 0.05) is 13.1 Å². The average molecular weight is 305 g/mol. The Morgan fingerprint density at radius 1 is 1.29 bits per heavy atom. The second-order valence-electron chi connectivity index (χ2n) is 5.98. The van der Waals surface area contributed by atoms with Crippen LogP contribution in [-0.2, 0) is 10.9 Å². The van der Waals surface area contributed by atoms with E-state index in [0.717, 1.165) is 12.1 Å². The van der Waals surface area contributed by atoms with E-state index in [9.17, 15) is 17.6 Å². The molecule has 1 heterocycles. The van der Waals surface area contributed by atoms with Crippen molar-refractivity contribution in [3.63, 3.8) is 0 Å². The van der Waals surface area contributed by atoms with Crippen LogP contribution >= 0.6 is 0 Å². The lowest BCUT2D eigenvalue weighted by Crippen LogP contribution is -2.52. The quantitative estimate of drug-likeness (QED) is 0.836. The molecule has 0 radical (unpaired) electrons. The van der Waals surface area contributed by atoms with E-state index in [2.05, 4.69) is 5.32 Å². The van der Waals surface area contributed by atoms with Gasteiger partial charge in [0.1, 0.15) is 5.82 Å². The topological polar surface area (TPSA) is 21.3 Å². The third-order valence-corrected chi connectivity index (χ3v) is 4.06. The molecule has 21 heavy (non-hydrogen) atoms. The van der Waals surface area contributed by atoms with Gasteiger partial charge in [0.25, 0.3) is 0 Å². The summed E-state index contributed by atoms with van der Waals surface area (Å²) < 4.78 is 57.8. The summed E-state index contributed by atoms with van der Waals surface area (Å²) in [6.07, 6.45) is -5.16. The van der Waals surface area contributed by atoms with E-state index in [1.165, 1.54) is 0 Å². The maximum atomic E-state index is 13.5. The van der Waals surface area contributed by atoms with Gasteiger partial charge in [0.2, 0.25) is 0 Å². The molecule has 6 heteroatoms. The molecule has 2 rings (SSSR count). The zero-order valence-corrected chi connectivity index (χ0v) is 12.2. The maximum Gasteiger partial charge on any atom is 0.416 e. The van der Waals surface area contributed by atoms with E-state index in [4.69, 9.17) is 4.74 Å². The van der Waals surface area contributed by atoms with Crippen LogP contribution in [0.5, 0.6) is 0 Å². The molecule has 1 aliphatic heterocycles. The minimum atomic E-state index is -4.57. The van der Waals surface area contributed by atoms with Crippen molar-refractivity contribution < 1.29 is 22.3 Å². The molecule has 1 aliphatic rings. The summed E-state index contributed by atoms with van der Waals surface area (Å²) in [6.45, 7) is 6.85. The molecule has 2 nitrogen and oxygen atoms in total. The molecule has 0 aromatic heterocycles. The molecule has 2 atom stereocenters. The fraction of sp³-hybridized carbons (Fsp3) is 0.600. The summed E-state index contributed by atoms with van der Waals surface area (Å²) in [5.74, 6) is -0.719. The first-order valence-corrected chi connectivity index (χ1v) is 6.88. The lowest BCUT2D eigenvalue weighted by molar-refractivity contribution is -0.139. The highest BCUT2D eigenvalue weighted by Crippen LogP contribution is 2.36. The van der Waals surface area contributed by atoms with E-state index in [0.29, 0.717) is 19.2 Å². The number of hydrogen-bond donors (Lipinski definition) is 1. The molecule has 0 spiro atoms. The van der Waals surface area contributed by atoms with Gasteiger partial charge in [-0.3, -0.25) is 0 Å². The number of hydrogen-bond acceptors (Lipinski definition) is 2. The van der Waals surface area contributed by atoms with Crippen LogP contribution in [-0.4, -0.2) is 18.7 Å². The molecule has 1 N–H and O–H groups in total. The normalized spacial score (nSPS) is 27.1. The molecule has 1 fully saturated rings. The molecular formula is C15H19F4NO. The lowest BCUT2D eigenvalue weighted by atomic mass is 9.89. The highest BCUT2D eigenvalue weighted by atomic mass is 19.4. The van der Waals surface area contributed by atoms with Crippen LogP contribution in [0.1, 0.15) is 38.0 Å². The fourth-order valence-electron chi connectivity index (χ4n) is 2.35. The van der Waals surface area contributed by atoms with Crippen LogP contribution in [0.25, 0.3) is 0 Å². The molecule has 0 amide bonds. The summed E-state index contributed by atoms with van der Waals surface area (Å²) in [4.78, 5) is 0. The number of morpholine rings is 1. The van der Waals surface area contributed by atoms with Gasteiger partial charge >= 0.3 is 6.18 Å². The van der Waals surface area contributed by atoms with Crippen LogP contribution < -0.4 is 5.32 Å². The summed E-state index contributed by atoms with van der Waals surface area (Å²) >= 11 is 0. The van der Waals surface area contributed by atoms with Crippen molar-refractivity contribution >= 4 is 0 Å². The third kappa shape index (κ3) is 3.55. The SMILES string of the molecule is CC(C)C1(C)CNCC(c2cc(F)cc(C(F)(F)F)c2)O1. The van der Waals surface area contributed by atoms with Gasteiger partial charge in [-0.05, 0) is 36.6 Å². The Morgan fingerprint density at radius 3 is 2.52 bits per heavy atom. The number of ether oxygens (including phenoxy) is 1. The van der Waals surface area contributed by atoms with Gasteiger partial charge in [0.05, 0.1) is 17.3 Å². The zero-order valence-electron chi connectivity index (χ0n) is 12.2. The molecule has 1 aromatic carbocycles. The number of alkyl halides is 3. The molecule has 0 aliphatic carbocycles. The van der Waals surface area contributed by atoms with E-state index in [-0.39, 0.29) is 11.5 Å². The summed E-state index contributed by atoms with van der Waals surface area (Å²) in [5, 5.41) is 3.15. The number of rotatable bonds is 2. The lowest BCUT2D eigenvalue weighted by Gasteiger charge is -2.42. The van der Waals surface area contributed by atoms with Crippen LogP contribution in [0.15, 0.2) is 18.2 Å². The summed E-state index contributed by atoms with van der Waals surface area (Å²) in [6, 6.07) is 2.57. The van der Waals surface area contributed by atoms with Gasteiger partial charge < -0.3 is 10.1 Å². The van der Waals surface area contributed by atoms with Crippen molar-refractivity contribution in [1.29, 1.82) is 0 Å².